The van der Waals surface area contributed by atoms with E-state index < -0.39 is 4.74 Å². The number of hydrogen-bond acceptors (Lipinski definition) is 4. The van der Waals surface area contributed by atoms with Crippen LogP contribution in [0, 0.1) is 6.92 Å². The summed E-state index contributed by atoms with van der Waals surface area (Å²) in [5.41, 5.74) is 1.83. The third-order valence-corrected chi connectivity index (χ3v) is 4.17. The fourth-order valence-electron chi connectivity index (χ4n) is 2.31. The van der Waals surface area contributed by atoms with Crippen LogP contribution in [0.15, 0.2) is 28.1 Å². The smallest absolute Gasteiger partial charge is 0.165 e. The second-order valence-electron chi connectivity index (χ2n) is 6.34. The highest BCUT2D eigenvalue weighted by atomic mass is 79.9. The molecule has 0 bridgehead atoms. The minimum Gasteiger partial charge on any atom is -0.492 e. The van der Waals surface area contributed by atoms with Crippen LogP contribution < -0.4 is 9.47 Å². The van der Waals surface area contributed by atoms with Gasteiger partial charge >= 0.3 is 0 Å². The fraction of sp³-hybridized carbons (Fsp3) is 0.550. The van der Waals surface area contributed by atoms with Gasteiger partial charge in [-0.25, -0.2) is 0 Å². The molecule has 0 saturated carbocycles. The van der Waals surface area contributed by atoms with E-state index in [1.54, 1.807) is 6.07 Å². The number of halogens is 3. The molecule has 0 heterocycles. The lowest BCUT2D eigenvalue weighted by molar-refractivity contribution is 0.139. The molecule has 0 radical (unpaired) electrons. The molecule has 0 fully saturated rings. The highest BCUT2D eigenvalue weighted by Crippen LogP contribution is 2.33. The van der Waals surface area contributed by atoms with E-state index in [9.17, 15) is 4.39 Å². The molecule has 1 rings (SSSR count). The second-order valence-corrected chi connectivity index (χ2v) is 7.51. The van der Waals surface area contributed by atoms with Crippen molar-refractivity contribution >= 4 is 33.2 Å². The highest BCUT2D eigenvalue weighted by molar-refractivity contribution is 9.11. The van der Waals surface area contributed by atoms with Gasteiger partial charge in [0.25, 0.3) is 0 Å². The Kier molecular flexibility index (Phi) is 12.2. The Morgan fingerprint density at radius 1 is 1.11 bits per heavy atom. The van der Waals surface area contributed by atoms with E-state index in [2.05, 4.69) is 21.1 Å². The lowest BCUT2D eigenvalue weighted by Crippen LogP contribution is -2.01. The second kappa shape index (κ2) is 13.8. The molecule has 7 heteroatoms. The Balaban J connectivity index is 2.24. The van der Waals surface area contributed by atoms with Crippen molar-refractivity contribution < 1.29 is 18.7 Å². The number of benzene rings is 1. The number of aryl methyl sites for hydroxylation is 1. The van der Waals surface area contributed by atoms with Gasteiger partial charge in [-0.2, -0.15) is 4.39 Å². The van der Waals surface area contributed by atoms with Gasteiger partial charge in [0.05, 0.1) is 17.3 Å². The van der Waals surface area contributed by atoms with E-state index in [0.717, 1.165) is 43.4 Å². The normalized spacial score (nSPS) is 11.3. The van der Waals surface area contributed by atoms with Crippen LogP contribution >= 0.6 is 27.5 Å². The molecule has 0 aromatic heterocycles. The minimum absolute atomic E-state index is 0.127. The van der Waals surface area contributed by atoms with E-state index >= 15 is 0 Å². The Bertz CT molecular complexity index is 607. The number of rotatable bonds is 13. The first-order valence-corrected chi connectivity index (χ1v) is 10.3. The molecule has 0 N–H and O–H groups in total. The van der Waals surface area contributed by atoms with E-state index in [-0.39, 0.29) is 6.61 Å². The van der Waals surface area contributed by atoms with Gasteiger partial charge in [-0.15, -0.1) is 0 Å². The summed E-state index contributed by atoms with van der Waals surface area (Å²) in [4.78, 5) is 5.17. The van der Waals surface area contributed by atoms with E-state index in [0.29, 0.717) is 29.7 Å². The summed E-state index contributed by atoms with van der Waals surface area (Å²) in [5.74, 6) is 1.26. The van der Waals surface area contributed by atoms with Gasteiger partial charge in [-0.1, -0.05) is 29.6 Å². The summed E-state index contributed by atoms with van der Waals surface area (Å²) in [6.45, 7) is 7.16. The summed E-state index contributed by atoms with van der Waals surface area (Å²) in [6.07, 6.45) is 6.62. The Hall–Kier alpha value is -1.27. The van der Waals surface area contributed by atoms with Crippen molar-refractivity contribution in [3.8, 4) is 11.5 Å². The summed E-state index contributed by atoms with van der Waals surface area (Å²) in [7, 11) is 0. The molecule has 0 saturated heterocycles. The topological polar surface area (TPSA) is 40.0 Å². The average molecular weight is 465 g/mol. The standard InChI is InChI=1S/C20H28BrClFNO3/c1-15(2)24-27-11-8-6-4-5-7-10-26-20-16(3)13-17(14-18(20)22)25-12-9-19(21)23/h9,13-14H,4-8,10-12H2,1-3H3/b19-9-. The first-order chi connectivity index (χ1) is 12.9. The predicted octanol–water partition coefficient (Wildman–Crippen LogP) is 6.97. The SMILES string of the molecule is CC(C)=NOCCCCCCCOc1c(C)cc(OC/C=C(\F)Br)cc1Cl. The zero-order valence-electron chi connectivity index (χ0n) is 16.2. The molecule has 0 spiro atoms. The van der Waals surface area contributed by atoms with Crippen LogP contribution in [0.2, 0.25) is 5.02 Å². The number of ether oxygens (including phenoxy) is 2. The summed E-state index contributed by atoms with van der Waals surface area (Å²) in [6, 6.07) is 3.52. The Labute approximate surface area is 174 Å². The van der Waals surface area contributed by atoms with Gasteiger partial charge in [0.2, 0.25) is 0 Å². The third kappa shape index (κ3) is 11.2. The van der Waals surface area contributed by atoms with Crippen LogP contribution in [0.3, 0.4) is 0 Å². The van der Waals surface area contributed by atoms with Gasteiger partial charge in [0.15, 0.2) is 4.74 Å². The molecule has 0 aliphatic heterocycles. The van der Waals surface area contributed by atoms with Crippen molar-refractivity contribution in [1.82, 2.24) is 0 Å². The van der Waals surface area contributed by atoms with Gasteiger partial charge < -0.3 is 14.3 Å². The third-order valence-electron chi connectivity index (χ3n) is 3.56. The predicted molar refractivity (Wildman–Crippen MR) is 113 cm³/mol. The van der Waals surface area contributed by atoms with Crippen molar-refractivity contribution in [2.24, 2.45) is 5.16 Å². The summed E-state index contributed by atoms with van der Waals surface area (Å²) in [5, 5.41) is 4.40. The maximum atomic E-state index is 12.6. The van der Waals surface area contributed by atoms with Crippen molar-refractivity contribution in [3.63, 3.8) is 0 Å². The number of oxime groups is 1. The molecule has 1 aromatic rings. The molecule has 152 valence electrons. The van der Waals surface area contributed by atoms with Gasteiger partial charge in [-0.3, -0.25) is 0 Å². The number of unbranched alkanes of at least 4 members (excludes halogenated alkanes) is 4. The first-order valence-electron chi connectivity index (χ1n) is 9.10. The number of hydrogen-bond donors (Lipinski definition) is 0. The maximum absolute atomic E-state index is 12.6. The largest absolute Gasteiger partial charge is 0.492 e. The zero-order valence-corrected chi connectivity index (χ0v) is 18.5. The fourth-order valence-corrected chi connectivity index (χ4v) is 2.76. The molecular weight excluding hydrogens is 437 g/mol. The van der Waals surface area contributed by atoms with Crippen LogP contribution in [-0.2, 0) is 4.84 Å². The van der Waals surface area contributed by atoms with E-state index in [1.807, 2.05) is 26.8 Å². The maximum Gasteiger partial charge on any atom is 0.165 e. The van der Waals surface area contributed by atoms with Crippen molar-refractivity contribution in [2.75, 3.05) is 19.8 Å². The molecule has 4 nitrogen and oxygen atoms in total. The molecule has 0 amide bonds. The Morgan fingerprint density at radius 3 is 2.41 bits per heavy atom. The zero-order chi connectivity index (χ0) is 20.1. The Morgan fingerprint density at radius 2 is 1.78 bits per heavy atom. The lowest BCUT2D eigenvalue weighted by atomic mass is 10.1. The van der Waals surface area contributed by atoms with Crippen molar-refractivity contribution in [2.45, 2.75) is 52.9 Å². The monoisotopic (exact) mass is 463 g/mol. The average Bonchev–Trinajstić information content (AvgIpc) is 2.58. The van der Waals surface area contributed by atoms with Crippen molar-refractivity contribution in [3.05, 3.63) is 33.5 Å². The van der Waals surface area contributed by atoms with E-state index in [1.165, 1.54) is 6.08 Å². The molecular formula is C20H28BrClFNO3. The first kappa shape index (κ1) is 23.8. The van der Waals surface area contributed by atoms with Gasteiger partial charge in [-0.05, 0) is 73.7 Å². The molecule has 1 aromatic carbocycles. The van der Waals surface area contributed by atoms with Gasteiger partial charge in [0.1, 0.15) is 24.7 Å². The van der Waals surface area contributed by atoms with Crippen LogP contribution in [0.1, 0.15) is 51.5 Å². The van der Waals surface area contributed by atoms with Crippen LogP contribution in [0.4, 0.5) is 4.39 Å². The molecule has 0 aliphatic rings. The molecule has 0 aliphatic carbocycles. The van der Waals surface area contributed by atoms with Crippen LogP contribution in [0.5, 0.6) is 11.5 Å². The van der Waals surface area contributed by atoms with Crippen LogP contribution in [0.25, 0.3) is 0 Å². The highest BCUT2D eigenvalue weighted by Gasteiger charge is 2.09. The minimum atomic E-state index is -0.456. The van der Waals surface area contributed by atoms with Gasteiger partial charge in [0, 0.05) is 6.07 Å². The molecule has 27 heavy (non-hydrogen) atoms. The quantitative estimate of drug-likeness (QED) is 0.180. The molecule has 0 unspecified atom stereocenters. The molecule has 0 atom stereocenters. The summed E-state index contributed by atoms with van der Waals surface area (Å²) < 4.78 is 23.4. The lowest BCUT2D eigenvalue weighted by Gasteiger charge is -2.13. The van der Waals surface area contributed by atoms with Crippen LogP contribution in [-0.4, -0.2) is 25.5 Å². The summed E-state index contributed by atoms with van der Waals surface area (Å²) >= 11 is 8.99. The number of nitrogens with zero attached hydrogens (tertiary/aromatic N) is 1. The van der Waals surface area contributed by atoms with E-state index in [4.69, 9.17) is 25.9 Å². The van der Waals surface area contributed by atoms with Crippen molar-refractivity contribution in [1.29, 1.82) is 0 Å².